The van der Waals surface area contributed by atoms with Crippen molar-refractivity contribution in [3.8, 4) is 0 Å². The van der Waals surface area contributed by atoms with Crippen LogP contribution in [0.4, 0.5) is 0 Å². The number of nitrogens with zero attached hydrogens (tertiary/aromatic N) is 5. The molecule has 1 fully saturated rings. The molecule has 2 aromatic heterocycles. The van der Waals surface area contributed by atoms with Crippen LogP contribution in [0.2, 0.25) is 0 Å². The molecule has 2 atom stereocenters. The summed E-state index contributed by atoms with van der Waals surface area (Å²) >= 11 is 0. The van der Waals surface area contributed by atoms with Crippen LogP contribution in [0.3, 0.4) is 0 Å². The van der Waals surface area contributed by atoms with Gasteiger partial charge in [-0.05, 0) is 30.5 Å². The van der Waals surface area contributed by atoms with E-state index < -0.39 is 0 Å². The molecular formula is C20H19N5O2. The van der Waals surface area contributed by atoms with Crippen LogP contribution in [0, 0.1) is 5.92 Å². The Balaban J connectivity index is 1.50. The number of likely N-dealkylation sites (tertiary alicyclic amines) is 1. The number of benzene rings is 1. The number of rotatable bonds is 1. The number of hydrogen-bond acceptors (Lipinski definition) is 5. The lowest BCUT2D eigenvalue weighted by Gasteiger charge is -2.43. The molecule has 0 aliphatic carbocycles. The van der Waals surface area contributed by atoms with Gasteiger partial charge in [0.2, 0.25) is 0 Å². The molecule has 1 aromatic carbocycles. The average Bonchev–Trinajstić information content (AvgIpc) is 2.69. The Morgan fingerprint density at radius 1 is 1.07 bits per heavy atom. The molecule has 2 aliphatic rings. The standard InChI is InChI=1S/C20H19N5O2/c26-19-7-3-6-18-14-8-13(11-25(18)19)10-24(12-14)20(23-27)17-9-21-15-4-1-2-5-16(15)22-17/h1-7,9,13-14,27H,8,10-12H2/b23-20+/t13-,14+/m0/s1. The van der Waals surface area contributed by atoms with Crippen LogP contribution in [0.25, 0.3) is 11.0 Å². The predicted molar refractivity (Wildman–Crippen MR) is 101 cm³/mol. The summed E-state index contributed by atoms with van der Waals surface area (Å²) in [5.41, 5.74) is 3.26. The molecule has 27 heavy (non-hydrogen) atoms. The monoisotopic (exact) mass is 361 g/mol. The lowest BCUT2D eigenvalue weighted by Crippen LogP contribution is -2.49. The minimum absolute atomic E-state index is 0.0621. The predicted octanol–water partition coefficient (Wildman–Crippen LogP) is 2.05. The van der Waals surface area contributed by atoms with Gasteiger partial charge in [-0.25, -0.2) is 4.98 Å². The number of hydrogen-bond donors (Lipinski definition) is 1. The van der Waals surface area contributed by atoms with Gasteiger partial charge in [-0.15, -0.1) is 0 Å². The van der Waals surface area contributed by atoms with Crippen molar-refractivity contribution >= 4 is 16.9 Å². The van der Waals surface area contributed by atoms with Crippen molar-refractivity contribution in [2.45, 2.75) is 18.9 Å². The van der Waals surface area contributed by atoms with Gasteiger partial charge in [0.05, 0.1) is 17.2 Å². The highest BCUT2D eigenvalue weighted by Gasteiger charge is 2.36. The van der Waals surface area contributed by atoms with Gasteiger partial charge in [0, 0.05) is 37.3 Å². The fraction of sp³-hybridized carbons (Fsp3) is 0.300. The van der Waals surface area contributed by atoms with Crippen LogP contribution in [-0.4, -0.2) is 43.6 Å². The molecule has 0 radical (unpaired) electrons. The third kappa shape index (κ3) is 2.66. The summed E-state index contributed by atoms with van der Waals surface area (Å²) in [6.07, 6.45) is 2.70. The second-order valence-electron chi connectivity index (χ2n) is 7.27. The van der Waals surface area contributed by atoms with Gasteiger partial charge in [-0.1, -0.05) is 23.4 Å². The highest BCUT2D eigenvalue weighted by molar-refractivity contribution is 5.97. The zero-order valence-corrected chi connectivity index (χ0v) is 14.7. The highest BCUT2D eigenvalue weighted by Crippen LogP contribution is 2.35. The number of amidine groups is 1. The van der Waals surface area contributed by atoms with E-state index in [1.165, 1.54) is 0 Å². The van der Waals surface area contributed by atoms with Gasteiger partial charge < -0.3 is 14.7 Å². The van der Waals surface area contributed by atoms with Crippen molar-refractivity contribution in [2.24, 2.45) is 11.1 Å². The van der Waals surface area contributed by atoms with Crippen LogP contribution >= 0.6 is 0 Å². The van der Waals surface area contributed by atoms with E-state index in [0.29, 0.717) is 30.5 Å². The molecule has 4 heterocycles. The van der Waals surface area contributed by atoms with Crippen LogP contribution in [0.15, 0.2) is 58.6 Å². The van der Waals surface area contributed by atoms with Crippen molar-refractivity contribution in [1.29, 1.82) is 0 Å². The van der Waals surface area contributed by atoms with Crippen LogP contribution < -0.4 is 5.56 Å². The van der Waals surface area contributed by atoms with E-state index in [2.05, 4.69) is 20.0 Å². The first-order chi connectivity index (χ1) is 13.2. The Morgan fingerprint density at radius 3 is 2.78 bits per heavy atom. The largest absolute Gasteiger partial charge is 0.409 e. The number of piperidine rings is 1. The molecule has 1 N–H and O–H groups in total. The maximum absolute atomic E-state index is 12.2. The van der Waals surface area contributed by atoms with Crippen molar-refractivity contribution in [2.75, 3.05) is 13.1 Å². The zero-order valence-electron chi connectivity index (χ0n) is 14.7. The van der Waals surface area contributed by atoms with E-state index in [9.17, 15) is 10.0 Å². The highest BCUT2D eigenvalue weighted by atomic mass is 16.4. The number of fused-ring (bicyclic) bond motifs is 5. The molecule has 2 aliphatic heterocycles. The molecule has 3 aromatic rings. The fourth-order valence-corrected chi connectivity index (χ4v) is 4.41. The Labute approximate surface area is 155 Å². The van der Waals surface area contributed by atoms with E-state index in [0.717, 1.165) is 29.7 Å². The topological polar surface area (TPSA) is 83.6 Å². The lowest BCUT2D eigenvalue weighted by molar-refractivity contribution is 0.173. The van der Waals surface area contributed by atoms with Crippen LogP contribution in [-0.2, 0) is 6.54 Å². The molecule has 2 bridgehead atoms. The smallest absolute Gasteiger partial charge is 0.250 e. The summed E-state index contributed by atoms with van der Waals surface area (Å²) in [6, 6.07) is 13.1. The van der Waals surface area contributed by atoms with Gasteiger partial charge in [0.15, 0.2) is 5.84 Å². The summed E-state index contributed by atoms with van der Waals surface area (Å²) in [7, 11) is 0. The summed E-state index contributed by atoms with van der Waals surface area (Å²) in [6.45, 7) is 2.11. The minimum atomic E-state index is 0.0621. The SMILES string of the molecule is O=c1cccc2n1C[C@H]1C[C@@H]2CN(/C(=N/O)c2cnc3ccccc3n2)C1. The summed E-state index contributed by atoms with van der Waals surface area (Å²) in [4.78, 5) is 23.3. The molecule has 0 saturated carbocycles. The second-order valence-corrected chi connectivity index (χ2v) is 7.27. The Kier molecular flexibility index (Phi) is 3.67. The molecule has 7 nitrogen and oxygen atoms in total. The Hall–Kier alpha value is -3.22. The quantitative estimate of drug-likeness (QED) is 0.310. The van der Waals surface area contributed by atoms with Gasteiger partial charge in [-0.3, -0.25) is 9.78 Å². The van der Waals surface area contributed by atoms with Gasteiger partial charge in [0.1, 0.15) is 5.69 Å². The maximum atomic E-state index is 12.2. The van der Waals surface area contributed by atoms with Crippen molar-refractivity contribution < 1.29 is 5.21 Å². The van der Waals surface area contributed by atoms with Crippen molar-refractivity contribution in [1.82, 2.24) is 19.4 Å². The summed E-state index contributed by atoms with van der Waals surface area (Å²) in [5, 5.41) is 13.3. The number of pyridine rings is 1. The molecule has 0 spiro atoms. The number of para-hydroxylation sites is 2. The third-order valence-electron chi connectivity index (χ3n) is 5.55. The van der Waals surface area contributed by atoms with E-state index >= 15 is 0 Å². The average molecular weight is 361 g/mol. The fourth-order valence-electron chi connectivity index (χ4n) is 4.41. The minimum Gasteiger partial charge on any atom is -0.409 e. The number of oxime groups is 1. The molecule has 0 amide bonds. The molecule has 7 heteroatoms. The molecule has 1 saturated heterocycles. The Bertz CT molecular complexity index is 1110. The first-order valence-corrected chi connectivity index (χ1v) is 9.12. The van der Waals surface area contributed by atoms with E-state index in [-0.39, 0.29) is 11.5 Å². The normalized spacial score (nSPS) is 21.9. The Morgan fingerprint density at radius 2 is 1.93 bits per heavy atom. The van der Waals surface area contributed by atoms with Crippen molar-refractivity contribution in [3.05, 3.63) is 70.4 Å². The first-order valence-electron chi connectivity index (χ1n) is 9.12. The molecule has 136 valence electrons. The summed E-state index contributed by atoms with van der Waals surface area (Å²) in [5.74, 6) is 1.01. The maximum Gasteiger partial charge on any atom is 0.250 e. The first kappa shape index (κ1) is 16.0. The summed E-state index contributed by atoms with van der Waals surface area (Å²) < 4.78 is 1.89. The molecular weight excluding hydrogens is 342 g/mol. The zero-order chi connectivity index (χ0) is 18.4. The van der Waals surface area contributed by atoms with Crippen LogP contribution in [0.5, 0.6) is 0 Å². The third-order valence-corrected chi connectivity index (χ3v) is 5.55. The van der Waals surface area contributed by atoms with E-state index in [1.54, 1.807) is 12.3 Å². The van der Waals surface area contributed by atoms with Gasteiger partial charge >= 0.3 is 0 Å². The van der Waals surface area contributed by atoms with Crippen LogP contribution in [0.1, 0.15) is 23.7 Å². The second kappa shape index (κ2) is 6.19. The van der Waals surface area contributed by atoms with Crippen molar-refractivity contribution in [3.63, 3.8) is 0 Å². The van der Waals surface area contributed by atoms with Gasteiger partial charge in [-0.2, -0.15) is 0 Å². The lowest BCUT2D eigenvalue weighted by atomic mass is 9.83. The van der Waals surface area contributed by atoms with E-state index in [1.807, 2.05) is 41.0 Å². The van der Waals surface area contributed by atoms with E-state index in [4.69, 9.17) is 0 Å². The molecule has 5 rings (SSSR count). The van der Waals surface area contributed by atoms with Gasteiger partial charge in [0.25, 0.3) is 5.56 Å². The molecule has 0 unspecified atom stereocenters. The number of aromatic nitrogens is 3.